The molecule has 2 aliphatic rings. The molecule has 4 rings (SSSR count). The maximum atomic E-state index is 12.9. The maximum Gasteiger partial charge on any atom is 0.416 e. The van der Waals surface area contributed by atoms with Gasteiger partial charge in [0.1, 0.15) is 5.82 Å². The van der Waals surface area contributed by atoms with Crippen molar-refractivity contribution in [3.8, 4) is 0 Å². The Balaban J connectivity index is 1.32. The zero-order chi connectivity index (χ0) is 21.3. The molecule has 3 heterocycles. The Bertz CT molecular complexity index is 974. The van der Waals surface area contributed by atoms with Crippen LogP contribution in [0.2, 0.25) is 0 Å². The van der Waals surface area contributed by atoms with Gasteiger partial charge in [0.15, 0.2) is 0 Å². The molecule has 1 fully saturated rings. The largest absolute Gasteiger partial charge is 0.416 e. The van der Waals surface area contributed by atoms with E-state index in [9.17, 15) is 22.8 Å². The zero-order valence-electron chi connectivity index (χ0n) is 16.6. The van der Waals surface area contributed by atoms with E-state index in [0.717, 1.165) is 43.8 Å². The summed E-state index contributed by atoms with van der Waals surface area (Å²) in [6.07, 6.45) is -1.59. The van der Waals surface area contributed by atoms with E-state index in [-0.39, 0.29) is 11.3 Å². The molecular formula is C20H24F3N5O2. The highest BCUT2D eigenvalue weighted by molar-refractivity contribution is 5.94. The molecule has 0 bridgehead atoms. The number of hydrogen-bond acceptors (Lipinski definition) is 4. The lowest BCUT2D eigenvalue weighted by Gasteiger charge is -2.34. The molecule has 1 aromatic heterocycles. The first kappa shape index (κ1) is 20.6. The highest BCUT2D eigenvalue weighted by Gasteiger charge is 2.31. The van der Waals surface area contributed by atoms with Crippen LogP contribution in [0.4, 0.5) is 13.2 Å². The van der Waals surface area contributed by atoms with Gasteiger partial charge in [0.2, 0.25) is 0 Å². The number of halogens is 3. The quantitative estimate of drug-likeness (QED) is 0.753. The molecule has 0 atom stereocenters. The predicted octanol–water partition coefficient (Wildman–Crippen LogP) is 1.86. The van der Waals surface area contributed by atoms with Crippen molar-refractivity contribution in [2.24, 2.45) is 0 Å². The number of carbonyl (C=O) groups is 1. The number of amides is 1. The molecule has 162 valence electrons. The molecule has 0 spiro atoms. The third-order valence-electron chi connectivity index (χ3n) is 5.76. The molecular weight excluding hydrogens is 399 g/mol. The van der Waals surface area contributed by atoms with E-state index in [2.05, 4.69) is 10.00 Å². The first-order valence-electron chi connectivity index (χ1n) is 10.2. The summed E-state index contributed by atoms with van der Waals surface area (Å²) in [5.74, 6) is 0.460. The van der Waals surface area contributed by atoms with Crippen LogP contribution in [0.5, 0.6) is 0 Å². The number of rotatable bonds is 4. The third-order valence-corrected chi connectivity index (χ3v) is 5.76. The standard InChI is InChI=1S/C20H24F3N5O2/c21-20(22,23)16-5-3-4-15(14-16)18(29)26-11-8-25(9-12-26)10-13-28-19(30)27-7-2-1-6-17(27)24-28/h3-5,14H,1-2,6-13H2. The molecule has 30 heavy (non-hydrogen) atoms. The molecule has 7 nitrogen and oxygen atoms in total. The van der Waals surface area contributed by atoms with Crippen LogP contribution in [-0.2, 0) is 25.7 Å². The first-order valence-corrected chi connectivity index (χ1v) is 10.2. The summed E-state index contributed by atoms with van der Waals surface area (Å²) in [6, 6.07) is 4.54. The molecule has 0 saturated carbocycles. The second-order valence-corrected chi connectivity index (χ2v) is 7.74. The summed E-state index contributed by atoms with van der Waals surface area (Å²) in [5.41, 5.74) is -0.836. The van der Waals surface area contributed by atoms with Gasteiger partial charge >= 0.3 is 11.9 Å². The molecule has 10 heteroatoms. The van der Waals surface area contributed by atoms with Crippen LogP contribution >= 0.6 is 0 Å². The van der Waals surface area contributed by atoms with Crippen molar-refractivity contribution in [2.45, 2.75) is 38.5 Å². The average molecular weight is 423 g/mol. The smallest absolute Gasteiger partial charge is 0.336 e. The second-order valence-electron chi connectivity index (χ2n) is 7.74. The molecule has 2 aliphatic heterocycles. The van der Waals surface area contributed by atoms with Gasteiger partial charge in [0.05, 0.1) is 12.1 Å². The fourth-order valence-corrected chi connectivity index (χ4v) is 4.02. The fourth-order valence-electron chi connectivity index (χ4n) is 4.02. The van der Waals surface area contributed by atoms with Crippen LogP contribution in [0.3, 0.4) is 0 Å². The number of aromatic nitrogens is 3. The first-order chi connectivity index (χ1) is 14.3. The van der Waals surface area contributed by atoms with Crippen LogP contribution in [-0.4, -0.2) is 62.8 Å². The van der Waals surface area contributed by atoms with Gasteiger partial charge in [0, 0.05) is 51.3 Å². The third kappa shape index (κ3) is 4.28. The number of carbonyl (C=O) groups excluding carboxylic acids is 1. The molecule has 1 amide bonds. The lowest BCUT2D eigenvalue weighted by Crippen LogP contribution is -2.49. The van der Waals surface area contributed by atoms with Crippen LogP contribution in [0.1, 0.15) is 34.6 Å². The van der Waals surface area contributed by atoms with Crippen LogP contribution < -0.4 is 5.69 Å². The number of nitrogens with zero attached hydrogens (tertiary/aromatic N) is 5. The Morgan fingerprint density at radius 3 is 2.50 bits per heavy atom. The van der Waals surface area contributed by atoms with E-state index in [1.54, 1.807) is 9.47 Å². The van der Waals surface area contributed by atoms with E-state index in [1.165, 1.54) is 16.8 Å². The Labute approximate surface area is 171 Å². The fraction of sp³-hybridized carbons (Fsp3) is 0.550. The SMILES string of the molecule is O=C(c1cccc(C(F)(F)F)c1)N1CCN(CCn2nc3n(c2=O)CCCC3)CC1. The molecule has 1 saturated heterocycles. The summed E-state index contributed by atoms with van der Waals surface area (Å²) in [5, 5.41) is 4.43. The topological polar surface area (TPSA) is 63.4 Å². The number of alkyl halides is 3. The van der Waals surface area contributed by atoms with E-state index in [0.29, 0.717) is 39.3 Å². The van der Waals surface area contributed by atoms with E-state index in [1.807, 2.05) is 0 Å². The molecule has 0 aliphatic carbocycles. The van der Waals surface area contributed by atoms with Crippen molar-refractivity contribution in [1.29, 1.82) is 0 Å². The van der Waals surface area contributed by atoms with Gasteiger partial charge in [-0.2, -0.15) is 18.3 Å². The number of fused-ring (bicyclic) bond motifs is 1. The molecule has 0 unspecified atom stereocenters. The van der Waals surface area contributed by atoms with Crippen molar-refractivity contribution < 1.29 is 18.0 Å². The minimum Gasteiger partial charge on any atom is -0.336 e. The molecule has 2 aromatic rings. The summed E-state index contributed by atoms with van der Waals surface area (Å²) in [4.78, 5) is 28.7. The van der Waals surface area contributed by atoms with Crippen molar-refractivity contribution in [1.82, 2.24) is 24.1 Å². The van der Waals surface area contributed by atoms with Crippen molar-refractivity contribution in [2.75, 3.05) is 32.7 Å². The van der Waals surface area contributed by atoms with Gasteiger partial charge < -0.3 is 4.90 Å². The van der Waals surface area contributed by atoms with Gasteiger partial charge in [-0.3, -0.25) is 14.3 Å². The predicted molar refractivity (Wildman–Crippen MR) is 103 cm³/mol. The Morgan fingerprint density at radius 1 is 1.03 bits per heavy atom. The van der Waals surface area contributed by atoms with Crippen molar-refractivity contribution >= 4 is 5.91 Å². The Kier molecular flexibility index (Phi) is 5.68. The lowest BCUT2D eigenvalue weighted by atomic mass is 10.1. The highest BCUT2D eigenvalue weighted by atomic mass is 19.4. The monoisotopic (exact) mass is 423 g/mol. The van der Waals surface area contributed by atoms with Gasteiger partial charge in [-0.1, -0.05) is 6.07 Å². The second kappa shape index (κ2) is 8.25. The van der Waals surface area contributed by atoms with Crippen molar-refractivity contribution in [3.63, 3.8) is 0 Å². The number of aryl methyl sites for hydroxylation is 1. The van der Waals surface area contributed by atoms with Gasteiger partial charge in [-0.15, -0.1) is 0 Å². The Morgan fingerprint density at radius 2 is 1.80 bits per heavy atom. The van der Waals surface area contributed by atoms with Gasteiger partial charge in [-0.25, -0.2) is 9.48 Å². The summed E-state index contributed by atoms with van der Waals surface area (Å²) >= 11 is 0. The molecule has 0 radical (unpaired) electrons. The Hall–Kier alpha value is -2.62. The van der Waals surface area contributed by atoms with E-state index in [4.69, 9.17) is 0 Å². The average Bonchev–Trinajstić information content (AvgIpc) is 3.07. The minimum atomic E-state index is -4.47. The zero-order valence-corrected chi connectivity index (χ0v) is 16.6. The highest BCUT2D eigenvalue weighted by Crippen LogP contribution is 2.29. The van der Waals surface area contributed by atoms with Crippen LogP contribution in [0.15, 0.2) is 29.1 Å². The minimum absolute atomic E-state index is 0.0495. The summed E-state index contributed by atoms with van der Waals surface area (Å²) in [6.45, 7) is 3.93. The van der Waals surface area contributed by atoms with E-state index >= 15 is 0 Å². The lowest BCUT2D eigenvalue weighted by molar-refractivity contribution is -0.137. The van der Waals surface area contributed by atoms with Gasteiger partial charge in [0.25, 0.3) is 5.91 Å². The van der Waals surface area contributed by atoms with E-state index < -0.39 is 17.6 Å². The van der Waals surface area contributed by atoms with Crippen LogP contribution in [0.25, 0.3) is 0 Å². The molecule has 1 aromatic carbocycles. The van der Waals surface area contributed by atoms with Crippen LogP contribution in [0, 0.1) is 0 Å². The van der Waals surface area contributed by atoms with Crippen molar-refractivity contribution in [3.05, 3.63) is 51.7 Å². The summed E-state index contributed by atoms with van der Waals surface area (Å²) in [7, 11) is 0. The number of hydrogen-bond donors (Lipinski definition) is 0. The maximum absolute atomic E-state index is 12.9. The normalized spacial score (nSPS) is 17.8. The summed E-state index contributed by atoms with van der Waals surface area (Å²) < 4.78 is 41.9. The number of piperazine rings is 1. The molecule has 0 N–H and O–H groups in total. The van der Waals surface area contributed by atoms with Gasteiger partial charge in [-0.05, 0) is 31.0 Å². The number of benzene rings is 1.